The molecule has 1 aliphatic heterocycles. The number of nitriles is 1. The van der Waals surface area contributed by atoms with E-state index < -0.39 is 0 Å². The first-order chi connectivity index (χ1) is 29.7. The first-order valence-corrected chi connectivity index (χ1v) is 20.2. The second-order valence-electron chi connectivity index (χ2n) is 15.6. The highest BCUT2D eigenvalue weighted by Crippen LogP contribution is 2.52. The molecule has 5 nitrogen and oxygen atoms in total. The van der Waals surface area contributed by atoms with Crippen LogP contribution in [0.3, 0.4) is 0 Å². The lowest BCUT2D eigenvalue weighted by Gasteiger charge is -2.33. The van der Waals surface area contributed by atoms with Crippen LogP contribution in [0.5, 0.6) is 11.5 Å². The summed E-state index contributed by atoms with van der Waals surface area (Å²) in [5, 5.41) is 22.4. The van der Waals surface area contributed by atoms with Crippen molar-refractivity contribution in [1.82, 2.24) is 9.13 Å². The van der Waals surface area contributed by atoms with E-state index in [1.54, 1.807) is 0 Å². The molecule has 1 aliphatic rings. The Morgan fingerprint density at radius 1 is 0.333 bits per heavy atom. The molecule has 0 amide bonds. The van der Waals surface area contributed by atoms with E-state index in [0.717, 1.165) is 83.3 Å². The van der Waals surface area contributed by atoms with Gasteiger partial charge in [0, 0.05) is 32.9 Å². The Bertz CT molecular complexity index is 3690. The smallest absolute Gasteiger partial charge is 0.151 e. The van der Waals surface area contributed by atoms with Gasteiger partial charge in [-0.1, -0.05) is 109 Å². The van der Waals surface area contributed by atoms with E-state index in [-0.39, 0.29) is 0 Å². The van der Waals surface area contributed by atoms with Crippen LogP contribution < -0.4 is 9.64 Å². The minimum Gasteiger partial charge on any atom is -0.453 e. The van der Waals surface area contributed by atoms with Gasteiger partial charge in [-0.15, -0.1) is 0 Å². The molecule has 2 aromatic heterocycles. The van der Waals surface area contributed by atoms with E-state index in [4.69, 9.17) is 4.74 Å². The fourth-order valence-corrected chi connectivity index (χ4v) is 9.93. The predicted molar refractivity (Wildman–Crippen MR) is 247 cm³/mol. The first-order valence-electron chi connectivity index (χ1n) is 20.2. The van der Waals surface area contributed by atoms with E-state index in [0.29, 0.717) is 5.56 Å². The third kappa shape index (κ3) is 4.50. The average molecular weight is 765 g/mol. The summed E-state index contributed by atoms with van der Waals surface area (Å²) in [6, 6.07) is 71.4. The molecule has 0 atom stereocenters. The van der Waals surface area contributed by atoms with Crippen LogP contribution in [0.25, 0.3) is 87.3 Å². The van der Waals surface area contributed by atoms with E-state index in [2.05, 4.69) is 178 Å². The number of ether oxygens (including phenoxy) is 1. The van der Waals surface area contributed by atoms with Gasteiger partial charge in [-0.25, -0.2) is 0 Å². The van der Waals surface area contributed by atoms with E-state index in [1.807, 2.05) is 36.4 Å². The largest absolute Gasteiger partial charge is 0.453 e. The average Bonchev–Trinajstić information content (AvgIpc) is 3.83. The standard InChI is InChI=1S/C55H32N4O/c56-33-34-29-43-37-27-25-35(57-47-17-5-1-13-39(47)40-14-2-6-18-48(40)57)30-44(37)45-31-36(58-49-19-7-3-15-41(49)42-16-4-8-20-50(42)58)26-28-38(45)46(43)32-53(34)59-51-21-9-11-23-54(51)60-55-24-12-10-22-52(55)59/h1-32H. The summed E-state index contributed by atoms with van der Waals surface area (Å²) in [5.74, 6) is 1.49. The number of hydrogen-bond acceptors (Lipinski definition) is 3. The van der Waals surface area contributed by atoms with Crippen molar-refractivity contribution in [1.29, 1.82) is 5.26 Å². The molecule has 3 heterocycles. The van der Waals surface area contributed by atoms with Gasteiger partial charge in [0.2, 0.25) is 0 Å². The zero-order valence-corrected chi connectivity index (χ0v) is 32.2. The van der Waals surface area contributed by atoms with Gasteiger partial charge >= 0.3 is 0 Å². The molecule has 0 fully saturated rings. The summed E-state index contributed by atoms with van der Waals surface area (Å²) < 4.78 is 11.2. The maximum absolute atomic E-state index is 11.0. The van der Waals surface area contributed by atoms with Crippen LogP contribution in [0.1, 0.15) is 5.56 Å². The van der Waals surface area contributed by atoms with Crippen LogP contribution in [0.2, 0.25) is 0 Å². The lowest BCUT2D eigenvalue weighted by atomic mass is 9.91. The number of rotatable bonds is 3. The second-order valence-corrected chi connectivity index (χ2v) is 15.6. The van der Waals surface area contributed by atoms with E-state index in [9.17, 15) is 5.26 Å². The van der Waals surface area contributed by atoms with Gasteiger partial charge in [-0.05, 0) is 117 Å². The summed E-state index contributed by atoms with van der Waals surface area (Å²) in [6.45, 7) is 0. The molecule has 0 saturated carbocycles. The minimum atomic E-state index is 0.586. The Balaban J connectivity index is 1.15. The summed E-state index contributed by atoms with van der Waals surface area (Å²) in [5.41, 5.74) is 10.0. The van der Waals surface area contributed by atoms with Crippen molar-refractivity contribution >= 4 is 93.0 Å². The summed E-state index contributed by atoms with van der Waals surface area (Å²) >= 11 is 0. The molecule has 0 spiro atoms. The Kier molecular flexibility index (Phi) is 6.73. The number of benzene rings is 10. The summed E-state index contributed by atoms with van der Waals surface area (Å²) in [6.07, 6.45) is 0. The summed E-state index contributed by atoms with van der Waals surface area (Å²) in [4.78, 5) is 2.18. The lowest BCUT2D eigenvalue weighted by Crippen LogP contribution is -2.16. The molecule has 10 aromatic carbocycles. The zero-order valence-electron chi connectivity index (χ0n) is 32.2. The predicted octanol–water partition coefficient (Wildman–Crippen LogP) is 14.8. The highest BCUT2D eigenvalue weighted by molar-refractivity contribution is 6.27. The van der Waals surface area contributed by atoms with Crippen molar-refractivity contribution in [2.45, 2.75) is 0 Å². The first kappa shape index (κ1) is 32.7. The number of hydrogen-bond donors (Lipinski definition) is 0. The molecule has 0 N–H and O–H groups in total. The highest BCUT2D eigenvalue weighted by Gasteiger charge is 2.28. The zero-order chi connectivity index (χ0) is 39.5. The van der Waals surface area contributed by atoms with E-state index >= 15 is 0 Å². The SMILES string of the molecule is N#Cc1cc2c3ccc(-n4c5ccccc5c5ccccc54)cc3c3cc(-n4c5ccccc5c5ccccc54)ccc3c2cc1N1c2ccccc2Oc2ccccc21. The van der Waals surface area contributed by atoms with Crippen LogP contribution in [-0.2, 0) is 0 Å². The normalized spacial score (nSPS) is 12.4. The van der Waals surface area contributed by atoms with Crippen LogP contribution >= 0.6 is 0 Å². The van der Waals surface area contributed by atoms with Crippen LogP contribution in [-0.4, -0.2) is 9.13 Å². The number of fused-ring (bicyclic) bond motifs is 14. The van der Waals surface area contributed by atoms with Gasteiger partial charge in [-0.3, -0.25) is 0 Å². The van der Waals surface area contributed by atoms with E-state index in [1.165, 1.54) is 32.6 Å². The number of nitrogens with zero attached hydrogens (tertiary/aromatic N) is 4. The van der Waals surface area contributed by atoms with Gasteiger partial charge < -0.3 is 18.8 Å². The molecule has 60 heavy (non-hydrogen) atoms. The molecule has 0 radical (unpaired) electrons. The Labute approximate surface area is 344 Å². The van der Waals surface area contributed by atoms with Gasteiger partial charge in [0.25, 0.3) is 0 Å². The Morgan fingerprint density at radius 3 is 1.17 bits per heavy atom. The molecule has 12 aromatic rings. The molecule has 278 valence electrons. The molecule has 0 unspecified atom stereocenters. The Hall–Kier alpha value is -8.33. The molecule has 0 aliphatic carbocycles. The van der Waals surface area contributed by atoms with Crippen molar-refractivity contribution in [2.24, 2.45) is 0 Å². The van der Waals surface area contributed by atoms with Crippen molar-refractivity contribution in [3.8, 4) is 28.9 Å². The summed E-state index contributed by atoms with van der Waals surface area (Å²) in [7, 11) is 0. The quantitative estimate of drug-likeness (QED) is 0.168. The number of para-hydroxylation sites is 8. The molecule has 0 saturated heterocycles. The Morgan fingerprint density at radius 2 is 0.717 bits per heavy atom. The third-order valence-corrected chi connectivity index (χ3v) is 12.5. The fourth-order valence-electron chi connectivity index (χ4n) is 9.93. The second kappa shape index (κ2) is 12.3. The monoisotopic (exact) mass is 764 g/mol. The molecule has 0 bridgehead atoms. The van der Waals surface area contributed by atoms with Crippen molar-refractivity contribution < 1.29 is 4.74 Å². The van der Waals surface area contributed by atoms with Gasteiger partial charge in [0.1, 0.15) is 6.07 Å². The van der Waals surface area contributed by atoms with Gasteiger partial charge in [0.15, 0.2) is 11.5 Å². The van der Waals surface area contributed by atoms with Crippen molar-refractivity contribution in [2.75, 3.05) is 4.90 Å². The van der Waals surface area contributed by atoms with Crippen molar-refractivity contribution in [3.05, 3.63) is 200 Å². The fraction of sp³-hybridized carbons (Fsp3) is 0. The maximum Gasteiger partial charge on any atom is 0.151 e. The number of aromatic nitrogens is 2. The topological polar surface area (TPSA) is 46.1 Å². The molecular weight excluding hydrogens is 733 g/mol. The molecule has 5 heteroatoms. The maximum atomic E-state index is 11.0. The minimum absolute atomic E-state index is 0.586. The molecular formula is C55H32N4O. The molecule has 13 rings (SSSR count). The van der Waals surface area contributed by atoms with Gasteiger partial charge in [-0.2, -0.15) is 5.26 Å². The number of anilines is 3. The lowest BCUT2D eigenvalue weighted by molar-refractivity contribution is 0.477. The third-order valence-electron chi connectivity index (χ3n) is 12.5. The van der Waals surface area contributed by atoms with Gasteiger partial charge in [0.05, 0.1) is 44.7 Å². The van der Waals surface area contributed by atoms with Crippen LogP contribution in [0.4, 0.5) is 17.1 Å². The van der Waals surface area contributed by atoms with Crippen LogP contribution in [0.15, 0.2) is 194 Å². The highest BCUT2D eigenvalue weighted by atomic mass is 16.5. The van der Waals surface area contributed by atoms with Crippen molar-refractivity contribution in [3.63, 3.8) is 0 Å². The van der Waals surface area contributed by atoms with Crippen LogP contribution in [0, 0.1) is 11.3 Å².